The van der Waals surface area contributed by atoms with Crippen LogP contribution >= 0.6 is 0 Å². The van der Waals surface area contributed by atoms with E-state index in [-0.39, 0.29) is 40.6 Å². The zero-order chi connectivity index (χ0) is 21.4. The third-order valence-corrected chi connectivity index (χ3v) is 6.03. The number of aromatic carboxylic acids is 1. The SMILES string of the molecule is CCC[C@H]1[C@@H]2CC=C[C@@H]2c2cc(C(=O)[O-])ccc2N1C(=O)c1cccc([N+](=O)[O-])c1. The highest BCUT2D eigenvalue weighted by Gasteiger charge is 2.43. The molecule has 0 saturated carbocycles. The number of benzene rings is 2. The van der Waals surface area contributed by atoms with Crippen LogP contribution in [0.4, 0.5) is 11.4 Å². The molecule has 154 valence electrons. The molecule has 2 aromatic carbocycles. The standard InChI is InChI=1S/C23H22N2O5/c1-2-5-20-18-9-4-8-17(18)19-13-15(23(27)28)10-11-21(19)24(20)22(26)14-6-3-7-16(12-14)25(29)30/h3-4,6-8,10-13,17-18,20H,2,5,9H2,1H3,(H,27,28)/p-1/t17-,18+,20-/m0/s1. The number of carboxylic acids is 1. The molecule has 0 aromatic heterocycles. The number of rotatable bonds is 5. The highest BCUT2D eigenvalue weighted by atomic mass is 16.6. The van der Waals surface area contributed by atoms with Gasteiger partial charge in [0.15, 0.2) is 0 Å². The summed E-state index contributed by atoms with van der Waals surface area (Å²) in [6, 6.07) is 10.3. The maximum atomic E-state index is 13.6. The lowest BCUT2D eigenvalue weighted by Gasteiger charge is -2.44. The van der Waals surface area contributed by atoms with Crippen molar-refractivity contribution in [3.8, 4) is 0 Å². The van der Waals surface area contributed by atoms with E-state index < -0.39 is 10.9 Å². The summed E-state index contributed by atoms with van der Waals surface area (Å²) in [6.45, 7) is 2.06. The molecule has 0 saturated heterocycles. The number of carbonyl (C=O) groups is 2. The summed E-state index contributed by atoms with van der Waals surface area (Å²) >= 11 is 0. The average molecular weight is 405 g/mol. The molecule has 0 spiro atoms. The molecule has 30 heavy (non-hydrogen) atoms. The molecule has 1 aliphatic carbocycles. The van der Waals surface area contributed by atoms with Gasteiger partial charge in [0.05, 0.1) is 10.9 Å². The predicted octanol–water partition coefficient (Wildman–Crippen LogP) is 3.45. The monoisotopic (exact) mass is 405 g/mol. The van der Waals surface area contributed by atoms with E-state index in [1.807, 2.05) is 0 Å². The van der Waals surface area contributed by atoms with Crippen LogP contribution in [0.5, 0.6) is 0 Å². The van der Waals surface area contributed by atoms with E-state index in [0.717, 1.165) is 24.8 Å². The summed E-state index contributed by atoms with van der Waals surface area (Å²) in [7, 11) is 0. The minimum absolute atomic E-state index is 0.0324. The van der Waals surface area contributed by atoms with Gasteiger partial charge in [-0.1, -0.05) is 37.6 Å². The molecule has 2 aromatic rings. The van der Waals surface area contributed by atoms with Gasteiger partial charge in [0.25, 0.3) is 11.6 Å². The fourth-order valence-corrected chi connectivity index (χ4v) is 4.73. The fraction of sp³-hybridized carbons (Fsp3) is 0.304. The van der Waals surface area contributed by atoms with Crippen molar-refractivity contribution in [3.05, 3.63) is 81.4 Å². The van der Waals surface area contributed by atoms with Crippen molar-refractivity contribution >= 4 is 23.3 Å². The van der Waals surface area contributed by atoms with Crippen molar-refractivity contribution in [1.82, 2.24) is 0 Å². The lowest BCUT2D eigenvalue weighted by Crippen LogP contribution is -2.49. The smallest absolute Gasteiger partial charge is 0.270 e. The molecule has 4 rings (SSSR count). The third-order valence-electron chi connectivity index (χ3n) is 6.03. The minimum atomic E-state index is -1.26. The van der Waals surface area contributed by atoms with Gasteiger partial charge in [0.2, 0.25) is 0 Å². The fourth-order valence-electron chi connectivity index (χ4n) is 4.73. The Bertz CT molecular complexity index is 1060. The van der Waals surface area contributed by atoms with E-state index in [1.165, 1.54) is 24.3 Å². The number of non-ortho nitro benzene ring substituents is 1. The Morgan fingerprint density at radius 1 is 1.17 bits per heavy atom. The molecule has 3 atom stereocenters. The molecule has 7 nitrogen and oxygen atoms in total. The number of anilines is 1. The molecule has 0 bridgehead atoms. The van der Waals surface area contributed by atoms with Gasteiger partial charge in [-0.05, 0) is 48.1 Å². The molecule has 1 aliphatic heterocycles. The highest BCUT2D eigenvalue weighted by Crippen LogP contribution is 2.49. The van der Waals surface area contributed by atoms with Gasteiger partial charge in [-0.25, -0.2) is 0 Å². The number of amides is 1. The summed E-state index contributed by atoms with van der Waals surface area (Å²) < 4.78 is 0. The summed E-state index contributed by atoms with van der Waals surface area (Å²) in [6.07, 6.45) is 6.61. The number of hydrogen-bond acceptors (Lipinski definition) is 5. The topological polar surface area (TPSA) is 104 Å². The Labute approximate surface area is 173 Å². The Hall–Kier alpha value is -3.48. The van der Waals surface area contributed by atoms with Crippen LogP contribution in [-0.2, 0) is 0 Å². The molecule has 1 heterocycles. The molecule has 0 N–H and O–H groups in total. The zero-order valence-corrected chi connectivity index (χ0v) is 16.5. The number of hydrogen-bond donors (Lipinski definition) is 0. The Morgan fingerprint density at radius 2 is 1.97 bits per heavy atom. The van der Waals surface area contributed by atoms with Crippen molar-refractivity contribution in [1.29, 1.82) is 0 Å². The summed E-state index contributed by atoms with van der Waals surface area (Å²) in [5, 5.41) is 22.6. The molecule has 0 fully saturated rings. The number of nitro groups is 1. The van der Waals surface area contributed by atoms with Crippen LogP contribution in [0.25, 0.3) is 0 Å². The molecule has 0 unspecified atom stereocenters. The molecular formula is C23H21N2O5-. The molecular weight excluding hydrogens is 384 g/mol. The van der Waals surface area contributed by atoms with Gasteiger partial charge in [-0.2, -0.15) is 0 Å². The van der Waals surface area contributed by atoms with Gasteiger partial charge in [0.1, 0.15) is 0 Å². The van der Waals surface area contributed by atoms with E-state index in [9.17, 15) is 24.8 Å². The first-order valence-corrected chi connectivity index (χ1v) is 10.0. The Morgan fingerprint density at radius 3 is 2.67 bits per heavy atom. The zero-order valence-electron chi connectivity index (χ0n) is 16.5. The predicted molar refractivity (Wildman–Crippen MR) is 109 cm³/mol. The second-order valence-electron chi connectivity index (χ2n) is 7.75. The summed E-state index contributed by atoms with van der Waals surface area (Å²) in [5.74, 6) is -1.41. The van der Waals surface area contributed by atoms with E-state index in [1.54, 1.807) is 23.1 Å². The number of allylic oxidation sites excluding steroid dienone is 2. The first-order valence-electron chi connectivity index (χ1n) is 10.0. The second-order valence-corrected chi connectivity index (χ2v) is 7.75. The first kappa shape index (κ1) is 19.8. The lowest BCUT2D eigenvalue weighted by atomic mass is 9.76. The maximum absolute atomic E-state index is 13.6. The number of carbonyl (C=O) groups excluding carboxylic acids is 2. The van der Waals surface area contributed by atoms with Crippen LogP contribution in [0.3, 0.4) is 0 Å². The molecule has 7 heteroatoms. The van der Waals surface area contributed by atoms with Gasteiger partial charge in [0, 0.05) is 35.3 Å². The van der Waals surface area contributed by atoms with E-state index in [0.29, 0.717) is 5.69 Å². The number of nitrogens with zero attached hydrogens (tertiary/aromatic N) is 2. The highest BCUT2D eigenvalue weighted by molar-refractivity contribution is 6.08. The van der Waals surface area contributed by atoms with Gasteiger partial charge in [-0.15, -0.1) is 0 Å². The third kappa shape index (κ3) is 3.26. The molecule has 0 radical (unpaired) electrons. The van der Waals surface area contributed by atoms with Gasteiger partial charge in [-0.3, -0.25) is 14.9 Å². The molecule has 2 aliphatic rings. The number of nitro benzene ring substituents is 1. The van der Waals surface area contributed by atoms with Crippen LogP contribution < -0.4 is 10.0 Å². The molecule has 1 amide bonds. The summed E-state index contributed by atoms with van der Waals surface area (Å²) in [5.41, 5.74) is 1.61. The van der Waals surface area contributed by atoms with Crippen LogP contribution in [-0.4, -0.2) is 22.8 Å². The Balaban J connectivity index is 1.85. The maximum Gasteiger partial charge on any atom is 0.270 e. The van der Waals surface area contributed by atoms with E-state index >= 15 is 0 Å². The average Bonchev–Trinajstić information content (AvgIpc) is 3.23. The minimum Gasteiger partial charge on any atom is -0.545 e. The van der Waals surface area contributed by atoms with Crippen LogP contribution in [0, 0.1) is 16.0 Å². The van der Waals surface area contributed by atoms with Crippen molar-refractivity contribution < 1.29 is 19.6 Å². The summed E-state index contributed by atoms with van der Waals surface area (Å²) in [4.78, 5) is 37.4. The van der Waals surface area contributed by atoms with Gasteiger partial charge < -0.3 is 14.8 Å². The second kappa shape index (κ2) is 7.74. The largest absolute Gasteiger partial charge is 0.545 e. The van der Waals surface area contributed by atoms with E-state index in [2.05, 4.69) is 19.1 Å². The normalized spacial score (nSPS) is 21.8. The van der Waals surface area contributed by atoms with Crippen molar-refractivity contribution in [2.45, 2.75) is 38.1 Å². The quantitative estimate of drug-likeness (QED) is 0.431. The first-order chi connectivity index (χ1) is 14.4. The Kier molecular flexibility index (Phi) is 5.11. The van der Waals surface area contributed by atoms with Crippen LogP contribution in [0.15, 0.2) is 54.6 Å². The van der Waals surface area contributed by atoms with Crippen molar-refractivity contribution in [2.75, 3.05) is 4.90 Å². The van der Waals surface area contributed by atoms with Crippen LogP contribution in [0.1, 0.15) is 58.4 Å². The van der Waals surface area contributed by atoms with Gasteiger partial charge >= 0.3 is 0 Å². The van der Waals surface area contributed by atoms with Crippen LogP contribution in [0.2, 0.25) is 0 Å². The number of fused-ring (bicyclic) bond motifs is 3. The number of carboxylic acid groups (broad SMARTS) is 1. The van der Waals surface area contributed by atoms with E-state index in [4.69, 9.17) is 0 Å². The van der Waals surface area contributed by atoms with Crippen molar-refractivity contribution in [3.63, 3.8) is 0 Å². The van der Waals surface area contributed by atoms with Crippen molar-refractivity contribution in [2.24, 2.45) is 5.92 Å². The lowest BCUT2D eigenvalue weighted by molar-refractivity contribution is -0.384.